The number of likely N-dealkylation sites (tertiary alicyclic amines) is 1. The van der Waals surface area contributed by atoms with Crippen molar-refractivity contribution in [3.05, 3.63) is 23.8 Å². The minimum absolute atomic E-state index is 0.0112. The highest BCUT2D eigenvalue weighted by Gasteiger charge is 2.37. The van der Waals surface area contributed by atoms with Crippen molar-refractivity contribution in [2.45, 2.75) is 26.1 Å². The van der Waals surface area contributed by atoms with Crippen LogP contribution in [0.2, 0.25) is 0 Å². The van der Waals surface area contributed by atoms with Crippen LogP contribution < -0.4 is 4.74 Å². The van der Waals surface area contributed by atoms with Gasteiger partial charge in [-0.3, -0.25) is 9.69 Å². The molecule has 0 aliphatic carbocycles. The van der Waals surface area contributed by atoms with E-state index in [9.17, 15) is 15.0 Å². The molecule has 2 aliphatic heterocycles. The SMILES string of the molecule is COc1cc(C(=O)N2C[C@@H](CN3C[C@@H](C)O[C@@H](C)C3)[C@@H](CO)C2)ccc1O. The Balaban J connectivity index is 1.67. The second-order valence-electron chi connectivity index (χ2n) is 7.78. The highest BCUT2D eigenvalue weighted by Crippen LogP contribution is 2.30. The van der Waals surface area contributed by atoms with Gasteiger partial charge in [0.25, 0.3) is 5.91 Å². The Morgan fingerprint density at radius 1 is 1.19 bits per heavy atom. The molecule has 0 radical (unpaired) electrons. The molecule has 1 aromatic carbocycles. The molecule has 2 N–H and O–H groups in total. The van der Waals surface area contributed by atoms with E-state index in [1.807, 2.05) is 0 Å². The number of methoxy groups -OCH3 is 1. The van der Waals surface area contributed by atoms with Crippen LogP contribution in [-0.4, -0.2) is 84.6 Å². The Labute approximate surface area is 160 Å². The number of phenols is 1. The van der Waals surface area contributed by atoms with Gasteiger partial charge in [0.05, 0.1) is 19.3 Å². The number of carbonyl (C=O) groups is 1. The molecule has 2 aliphatic rings. The largest absolute Gasteiger partial charge is 0.504 e. The molecule has 7 heteroatoms. The maximum Gasteiger partial charge on any atom is 0.254 e. The summed E-state index contributed by atoms with van der Waals surface area (Å²) < 4.78 is 10.9. The number of aliphatic hydroxyl groups excluding tert-OH is 1. The van der Waals surface area contributed by atoms with Gasteiger partial charge in [-0.2, -0.15) is 0 Å². The summed E-state index contributed by atoms with van der Waals surface area (Å²) in [6.45, 7) is 7.99. The van der Waals surface area contributed by atoms with E-state index in [1.165, 1.54) is 13.2 Å². The molecule has 3 rings (SSSR count). The average molecular weight is 378 g/mol. The first kappa shape index (κ1) is 19.9. The van der Waals surface area contributed by atoms with Gasteiger partial charge < -0.3 is 24.6 Å². The number of hydrogen-bond donors (Lipinski definition) is 2. The van der Waals surface area contributed by atoms with Gasteiger partial charge >= 0.3 is 0 Å². The van der Waals surface area contributed by atoms with Crippen molar-refractivity contribution in [1.82, 2.24) is 9.80 Å². The summed E-state index contributed by atoms with van der Waals surface area (Å²) in [7, 11) is 1.46. The van der Waals surface area contributed by atoms with E-state index < -0.39 is 0 Å². The molecule has 150 valence electrons. The number of morpholine rings is 1. The number of amides is 1. The van der Waals surface area contributed by atoms with Gasteiger partial charge in [0, 0.05) is 50.8 Å². The normalized spacial score (nSPS) is 29.1. The summed E-state index contributed by atoms with van der Waals surface area (Å²) in [5.74, 6) is 0.499. The second kappa shape index (κ2) is 8.46. The molecule has 27 heavy (non-hydrogen) atoms. The van der Waals surface area contributed by atoms with Gasteiger partial charge in [-0.15, -0.1) is 0 Å². The zero-order valence-corrected chi connectivity index (χ0v) is 16.3. The van der Waals surface area contributed by atoms with Crippen LogP contribution in [0.15, 0.2) is 18.2 Å². The van der Waals surface area contributed by atoms with E-state index in [1.54, 1.807) is 17.0 Å². The topological polar surface area (TPSA) is 82.5 Å². The Morgan fingerprint density at radius 3 is 2.48 bits per heavy atom. The molecule has 0 spiro atoms. The first-order valence-corrected chi connectivity index (χ1v) is 9.56. The second-order valence-corrected chi connectivity index (χ2v) is 7.78. The zero-order chi connectivity index (χ0) is 19.6. The average Bonchev–Trinajstić information content (AvgIpc) is 3.03. The monoisotopic (exact) mass is 378 g/mol. The minimum Gasteiger partial charge on any atom is -0.504 e. The lowest BCUT2D eigenvalue weighted by Gasteiger charge is -2.37. The Morgan fingerprint density at radius 2 is 1.85 bits per heavy atom. The standard InChI is InChI=1S/C20H30N2O5/c1-13-7-21(8-14(2)27-13)9-16-10-22(11-17(16)12-23)20(25)15-4-5-18(24)19(6-15)26-3/h4-6,13-14,16-17,23-24H,7-12H2,1-3H3/t13-,14+,16-,17-/m1/s1. The number of nitrogens with zero attached hydrogens (tertiary/aromatic N) is 2. The van der Waals surface area contributed by atoms with Crippen molar-refractivity contribution in [2.75, 3.05) is 46.4 Å². The number of benzene rings is 1. The van der Waals surface area contributed by atoms with E-state index in [0.717, 1.165) is 19.6 Å². The van der Waals surface area contributed by atoms with Crippen LogP contribution in [0, 0.1) is 11.8 Å². The molecule has 0 unspecified atom stereocenters. The molecule has 0 bridgehead atoms. The Hall–Kier alpha value is -1.83. The molecule has 2 heterocycles. The molecular weight excluding hydrogens is 348 g/mol. The van der Waals surface area contributed by atoms with E-state index in [0.29, 0.717) is 18.7 Å². The minimum atomic E-state index is -0.0991. The number of rotatable bonds is 5. The zero-order valence-electron chi connectivity index (χ0n) is 16.3. The molecule has 7 nitrogen and oxygen atoms in total. The van der Waals surface area contributed by atoms with Gasteiger partial charge in [-0.25, -0.2) is 0 Å². The number of ether oxygens (including phenoxy) is 2. The smallest absolute Gasteiger partial charge is 0.254 e. The van der Waals surface area contributed by atoms with Crippen molar-refractivity contribution in [2.24, 2.45) is 11.8 Å². The van der Waals surface area contributed by atoms with Crippen molar-refractivity contribution < 1.29 is 24.5 Å². The molecule has 2 fully saturated rings. The molecule has 4 atom stereocenters. The summed E-state index contributed by atoms with van der Waals surface area (Å²) in [6, 6.07) is 4.64. The van der Waals surface area contributed by atoms with E-state index in [2.05, 4.69) is 18.7 Å². The van der Waals surface area contributed by atoms with Crippen molar-refractivity contribution in [1.29, 1.82) is 0 Å². The summed E-state index contributed by atoms with van der Waals surface area (Å²) >= 11 is 0. The molecule has 1 aromatic rings. The van der Waals surface area contributed by atoms with Crippen LogP contribution in [0.25, 0.3) is 0 Å². The van der Waals surface area contributed by atoms with Crippen molar-refractivity contribution in [3.63, 3.8) is 0 Å². The maximum atomic E-state index is 12.9. The van der Waals surface area contributed by atoms with E-state index in [4.69, 9.17) is 9.47 Å². The van der Waals surface area contributed by atoms with Crippen LogP contribution in [0.4, 0.5) is 0 Å². The Kier molecular flexibility index (Phi) is 6.24. The lowest BCUT2D eigenvalue weighted by Crippen LogP contribution is -2.48. The van der Waals surface area contributed by atoms with Gasteiger partial charge in [0.15, 0.2) is 11.5 Å². The fourth-order valence-electron chi connectivity index (χ4n) is 4.28. The van der Waals surface area contributed by atoms with Crippen LogP contribution in [0.5, 0.6) is 11.5 Å². The summed E-state index contributed by atoms with van der Waals surface area (Å²) in [5.41, 5.74) is 0.482. The van der Waals surface area contributed by atoms with Gasteiger partial charge in [-0.05, 0) is 38.0 Å². The third-order valence-corrected chi connectivity index (χ3v) is 5.51. The maximum absolute atomic E-state index is 12.9. The fraction of sp³-hybridized carbons (Fsp3) is 0.650. The highest BCUT2D eigenvalue weighted by atomic mass is 16.5. The predicted octanol–water partition coefficient (Wildman–Crippen LogP) is 1.19. The fourth-order valence-corrected chi connectivity index (χ4v) is 4.28. The van der Waals surface area contributed by atoms with Crippen molar-refractivity contribution in [3.8, 4) is 11.5 Å². The van der Waals surface area contributed by atoms with E-state index >= 15 is 0 Å². The quantitative estimate of drug-likeness (QED) is 0.801. The highest BCUT2D eigenvalue weighted by molar-refractivity contribution is 5.95. The van der Waals surface area contributed by atoms with E-state index in [-0.39, 0.29) is 48.1 Å². The number of hydrogen-bond acceptors (Lipinski definition) is 6. The van der Waals surface area contributed by atoms with Crippen LogP contribution in [-0.2, 0) is 4.74 Å². The third-order valence-electron chi connectivity index (χ3n) is 5.51. The summed E-state index contributed by atoms with van der Waals surface area (Å²) in [5, 5.41) is 19.6. The molecule has 2 saturated heterocycles. The third kappa shape index (κ3) is 4.54. The molecular formula is C20H30N2O5. The summed E-state index contributed by atoms with van der Waals surface area (Å²) in [6.07, 6.45) is 0.398. The molecule has 0 saturated carbocycles. The number of carbonyl (C=O) groups excluding carboxylic acids is 1. The first-order chi connectivity index (χ1) is 12.9. The first-order valence-electron chi connectivity index (χ1n) is 9.56. The lowest BCUT2D eigenvalue weighted by atomic mass is 9.96. The van der Waals surface area contributed by atoms with Crippen molar-refractivity contribution >= 4 is 5.91 Å². The predicted molar refractivity (Wildman–Crippen MR) is 101 cm³/mol. The molecule has 1 amide bonds. The number of phenolic OH excluding ortho intramolecular Hbond substituents is 1. The molecule has 0 aromatic heterocycles. The lowest BCUT2D eigenvalue weighted by molar-refractivity contribution is -0.0726. The van der Waals surface area contributed by atoms with Gasteiger partial charge in [-0.1, -0.05) is 0 Å². The van der Waals surface area contributed by atoms with Crippen LogP contribution in [0.1, 0.15) is 24.2 Å². The van der Waals surface area contributed by atoms with Gasteiger partial charge in [0.2, 0.25) is 0 Å². The van der Waals surface area contributed by atoms with Gasteiger partial charge in [0.1, 0.15) is 0 Å². The van der Waals surface area contributed by atoms with Crippen LogP contribution in [0.3, 0.4) is 0 Å². The summed E-state index contributed by atoms with van der Waals surface area (Å²) in [4.78, 5) is 17.1. The number of aromatic hydroxyl groups is 1. The Bertz CT molecular complexity index is 658. The van der Waals surface area contributed by atoms with Crippen LogP contribution >= 0.6 is 0 Å². The number of aliphatic hydroxyl groups is 1.